The van der Waals surface area contributed by atoms with E-state index in [2.05, 4.69) is 49.2 Å². The maximum absolute atomic E-state index is 5.60. The van der Waals surface area contributed by atoms with E-state index in [4.69, 9.17) is 5.84 Å². The molecule has 1 unspecified atom stereocenters. The van der Waals surface area contributed by atoms with E-state index in [0.717, 1.165) is 17.3 Å². The minimum Gasteiger partial charge on any atom is -0.271 e. The molecule has 90 valence electrons. The quantitative estimate of drug-likeness (QED) is 0.659. The van der Waals surface area contributed by atoms with Crippen molar-refractivity contribution in [3.63, 3.8) is 0 Å². The van der Waals surface area contributed by atoms with Crippen molar-refractivity contribution in [1.82, 2.24) is 10.4 Å². The fourth-order valence-electron chi connectivity index (χ4n) is 1.74. The van der Waals surface area contributed by atoms with Gasteiger partial charge in [0.25, 0.3) is 0 Å². The van der Waals surface area contributed by atoms with Crippen molar-refractivity contribution >= 4 is 27.3 Å². The van der Waals surface area contributed by atoms with Gasteiger partial charge in [-0.25, -0.2) is 0 Å². The van der Waals surface area contributed by atoms with Gasteiger partial charge >= 0.3 is 0 Å². The second-order valence-electron chi connectivity index (χ2n) is 3.91. The van der Waals surface area contributed by atoms with Crippen molar-refractivity contribution in [2.75, 3.05) is 0 Å². The average molecular weight is 312 g/mol. The monoisotopic (exact) mass is 311 g/mol. The number of rotatable bonds is 5. The summed E-state index contributed by atoms with van der Waals surface area (Å²) in [4.78, 5) is 4.16. The lowest BCUT2D eigenvalue weighted by Crippen LogP contribution is -2.38. The van der Waals surface area contributed by atoms with Crippen LogP contribution >= 0.6 is 27.3 Å². The Labute approximate surface area is 113 Å². The van der Waals surface area contributed by atoms with Gasteiger partial charge in [-0.1, -0.05) is 0 Å². The SMILES string of the molecule is NNC(Cc1ccsc1)Cc1cncc(Br)c1. The number of nitrogens with zero attached hydrogens (tertiary/aromatic N) is 1. The molecule has 0 amide bonds. The third-order valence-corrected chi connectivity index (χ3v) is 3.71. The summed E-state index contributed by atoms with van der Waals surface area (Å²) >= 11 is 5.13. The van der Waals surface area contributed by atoms with E-state index in [1.165, 1.54) is 11.1 Å². The summed E-state index contributed by atoms with van der Waals surface area (Å²) < 4.78 is 1.00. The van der Waals surface area contributed by atoms with E-state index in [1.54, 1.807) is 17.5 Å². The molecular weight excluding hydrogens is 298 g/mol. The topological polar surface area (TPSA) is 50.9 Å². The predicted octanol–water partition coefficient (Wildman–Crippen LogP) is 2.52. The second kappa shape index (κ2) is 6.26. The summed E-state index contributed by atoms with van der Waals surface area (Å²) in [5.41, 5.74) is 5.37. The van der Waals surface area contributed by atoms with Crippen LogP contribution < -0.4 is 11.3 Å². The number of thiophene rings is 1. The molecule has 2 aromatic heterocycles. The number of nitrogens with two attached hydrogens (primary N) is 1. The zero-order valence-corrected chi connectivity index (χ0v) is 11.7. The van der Waals surface area contributed by atoms with E-state index >= 15 is 0 Å². The fraction of sp³-hybridized carbons (Fsp3) is 0.250. The molecule has 3 nitrogen and oxygen atoms in total. The van der Waals surface area contributed by atoms with Crippen LogP contribution in [0.3, 0.4) is 0 Å². The third-order valence-electron chi connectivity index (χ3n) is 2.54. The van der Waals surface area contributed by atoms with Crippen LogP contribution in [0.1, 0.15) is 11.1 Å². The van der Waals surface area contributed by atoms with Gasteiger partial charge in [-0.05, 0) is 62.8 Å². The second-order valence-corrected chi connectivity index (χ2v) is 5.61. The van der Waals surface area contributed by atoms with Gasteiger partial charge in [0, 0.05) is 22.9 Å². The van der Waals surface area contributed by atoms with Crippen LogP contribution in [0.2, 0.25) is 0 Å². The van der Waals surface area contributed by atoms with Crippen molar-refractivity contribution in [3.05, 3.63) is 50.9 Å². The standard InChI is InChI=1S/C12H14BrN3S/c13-11-3-10(6-15-7-11)5-12(16-14)4-9-1-2-17-8-9/h1-3,6-8,12,16H,4-5,14H2. The lowest BCUT2D eigenvalue weighted by Gasteiger charge is -2.15. The number of pyridine rings is 1. The highest BCUT2D eigenvalue weighted by Gasteiger charge is 2.09. The molecule has 0 fully saturated rings. The zero-order chi connectivity index (χ0) is 12.1. The summed E-state index contributed by atoms with van der Waals surface area (Å²) in [6.45, 7) is 0. The van der Waals surface area contributed by atoms with Crippen LogP contribution in [0.5, 0.6) is 0 Å². The van der Waals surface area contributed by atoms with E-state index in [9.17, 15) is 0 Å². The number of hydrogen-bond donors (Lipinski definition) is 2. The normalized spacial score (nSPS) is 12.6. The van der Waals surface area contributed by atoms with Gasteiger partial charge in [0.05, 0.1) is 0 Å². The van der Waals surface area contributed by atoms with E-state index in [0.29, 0.717) is 0 Å². The Kier molecular flexibility index (Phi) is 4.67. The first-order chi connectivity index (χ1) is 8.28. The van der Waals surface area contributed by atoms with Gasteiger partial charge in [0.1, 0.15) is 0 Å². The van der Waals surface area contributed by atoms with Gasteiger partial charge in [-0.2, -0.15) is 11.3 Å². The maximum Gasteiger partial charge on any atom is 0.0410 e. The summed E-state index contributed by atoms with van der Waals surface area (Å²) in [6.07, 6.45) is 5.47. The summed E-state index contributed by atoms with van der Waals surface area (Å²) in [7, 11) is 0. The van der Waals surface area contributed by atoms with Crippen molar-refractivity contribution in [2.45, 2.75) is 18.9 Å². The number of hydrogen-bond acceptors (Lipinski definition) is 4. The number of aromatic nitrogens is 1. The van der Waals surface area contributed by atoms with Crippen LogP contribution in [-0.2, 0) is 12.8 Å². The van der Waals surface area contributed by atoms with E-state index in [-0.39, 0.29) is 6.04 Å². The van der Waals surface area contributed by atoms with E-state index in [1.807, 2.05) is 6.20 Å². The van der Waals surface area contributed by atoms with Crippen molar-refractivity contribution in [3.8, 4) is 0 Å². The molecule has 0 bridgehead atoms. The molecule has 0 aliphatic rings. The van der Waals surface area contributed by atoms with Gasteiger partial charge in [-0.3, -0.25) is 16.3 Å². The maximum atomic E-state index is 5.60. The van der Waals surface area contributed by atoms with Crippen molar-refractivity contribution < 1.29 is 0 Å². The minimum atomic E-state index is 0.237. The van der Waals surface area contributed by atoms with Crippen LogP contribution in [0.25, 0.3) is 0 Å². The van der Waals surface area contributed by atoms with Gasteiger partial charge in [0.15, 0.2) is 0 Å². The molecule has 0 radical (unpaired) electrons. The Bertz CT molecular complexity index is 459. The number of halogens is 1. The molecule has 17 heavy (non-hydrogen) atoms. The largest absolute Gasteiger partial charge is 0.271 e. The van der Waals surface area contributed by atoms with Crippen LogP contribution in [-0.4, -0.2) is 11.0 Å². The molecule has 0 aliphatic heterocycles. The molecule has 2 aromatic rings. The molecule has 0 spiro atoms. The van der Waals surface area contributed by atoms with Crippen molar-refractivity contribution in [1.29, 1.82) is 0 Å². The predicted molar refractivity (Wildman–Crippen MR) is 74.8 cm³/mol. The lowest BCUT2D eigenvalue weighted by molar-refractivity contribution is 0.522. The van der Waals surface area contributed by atoms with Gasteiger partial charge in [0.2, 0.25) is 0 Å². The highest BCUT2D eigenvalue weighted by molar-refractivity contribution is 9.10. The molecule has 2 rings (SSSR count). The molecule has 0 aromatic carbocycles. The van der Waals surface area contributed by atoms with Crippen LogP contribution in [0.4, 0.5) is 0 Å². The van der Waals surface area contributed by atoms with Crippen LogP contribution in [0.15, 0.2) is 39.8 Å². The zero-order valence-electron chi connectivity index (χ0n) is 9.27. The molecule has 3 N–H and O–H groups in total. The smallest absolute Gasteiger partial charge is 0.0410 e. The minimum absolute atomic E-state index is 0.237. The molecule has 2 heterocycles. The lowest BCUT2D eigenvalue weighted by atomic mass is 10.0. The first-order valence-corrected chi connectivity index (χ1v) is 7.08. The molecular formula is C12H14BrN3S. The molecule has 0 aliphatic carbocycles. The Morgan fingerprint density at radius 1 is 1.35 bits per heavy atom. The highest BCUT2D eigenvalue weighted by Crippen LogP contribution is 2.14. The first kappa shape index (κ1) is 12.7. The summed E-state index contributed by atoms with van der Waals surface area (Å²) in [5, 5.41) is 4.24. The summed E-state index contributed by atoms with van der Waals surface area (Å²) in [6, 6.07) is 4.44. The molecule has 0 saturated carbocycles. The highest BCUT2D eigenvalue weighted by atomic mass is 79.9. The summed E-state index contributed by atoms with van der Waals surface area (Å²) in [5.74, 6) is 5.60. The first-order valence-electron chi connectivity index (χ1n) is 5.34. The van der Waals surface area contributed by atoms with Gasteiger partial charge in [-0.15, -0.1) is 0 Å². The molecule has 1 atom stereocenters. The Morgan fingerprint density at radius 2 is 2.18 bits per heavy atom. The molecule has 0 saturated heterocycles. The number of hydrazine groups is 1. The fourth-order valence-corrected chi connectivity index (χ4v) is 2.83. The number of nitrogens with one attached hydrogen (secondary N) is 1. The van der Waals surface area contributed by atoms with Crippen molar-refractivity contribution in [2.24, 2.45) is 5.84 Å². The Balaban J connectivity index is 2.00. The van der Waals surface area contributed by atoms with Gasteiger partial charge < -0.3 is 0 Å². The van der Waals surface area contributed by atoms with Crippen LogP contribution in [0, 0.1) is 0 Å². The third kappa shape index (κ3) is 3.89. The Hall–Kier alpha value is -0.750. The van der Waals surface area contributed by atoms with E-state index < -0.39 is 0 Å². The molecule has 5 heteroatoms. The average Bonchev–Trinajstić information content (AvgIpc) is 2.81. The Morgan fingerprint density at radius 3 is 2.82 bits per heavy atom.